The predicted molar refractivity (Wildman–Crippen MR) is 174 cm³/mol. The van der Waals surface area contributed by atoms with Gasteiger partial charge in [0.05, 0.1) is 43.7 Å². The fourth-order valence-electron chi connectivity index (χ4n) is 4.64. The quantitative estimate of drug-likeness (QED) is 0.179. The van der Waals surface area contributed by atoms with E-state index in [2.05, 4.69) is 56.2 Å². The molecule has 0 saturated heterocycles. The maximum Gasteiger partial charge on any atom is 0.338 e. The topological polar surface area (TPSA) is 93.7 Å². The zero-order valence-corrected chi connectivity index (χ0v) is 27.5. The second-order valence-electron chi connectivity index (χ2n) is 9.22. The van der Waals surface area contributed by atoms with Crippen LogP contribution >= 0.6 is 56.5 Å². The molecule has 1 atom stereocenters. The first kappa shape index (κ1) is 30.1. The summed E-state index contributed by atoms with van der Waals surface area (Å²) in [5.41, 5.74) is 2.83. The van der Waals surface area contributed by atoms with Gasteiger partial charge in [0.2, 0.25) is 0 Å². The number of thiazole rings is 1. The highest BCUT2D eigenvalue weighted by atomic mass is 127. The number of ether oxygens (including phenoxy) is 2. The minimum Gasteiger partial charge on any atom is -0.487 e. The Morgan fingerprint density at radius 1 is 1.19 bits per heavy atom. The lowest BCUT2D eigenvalue weighted by Gasteiger charge is -2.24. The van der Waals surface area contributed by atoms with E-state index in [0.29, 0.717) is 37.5 Å². The van der Waals surface area contributed by atoms with Crippen molar-refractivity contribution < 1.29 is 18.7 Å². The number of rotatable bonds is 7. The highest BCUT2D eigenvalue weighted by Crippen LogP contribution is 2.32. The lowest BCUT2D eigenvalue weighted by Crippen LogP contribution is -2.39. The van der Waals surface area contributed by atoms with Gasteiger partial charge < -0.3 is 9.47 Å². The van der Waals surface area contributed by atoms with Crippen molar-refractivity contribution >= 4 is 68.6 Å². The number of allylic oxidation sites excluding steroid dienone is 1. The molecule has 0 spiro atoms. The maximum atomic E-state index is 14.0. The summed E-state index contributed by atoms with van der Waals surface area (Å²) in [5, 5.41) is 9.48. The van der Waals surface area contributed by atoms with Crippen molar-refractivity contribution in [3.8, 4) is 11.8 Å². The molecule has 3 aromatic carbocycles. The number of carbonyl (C=O) groups excluding carboxylic acids is 1. The third-order valence-electron chi connectivity index (χ3n) is 6.54. The van der Waals surface area contributed by atoms with E-state index in [1.807, 2.05) is 24.3 Å². The molecule has 0 N–H and O–H groups in total. The summed E-state index contributed by atoms with van der Waals surface area (Å²) < 4.78 is 29.0. The van der Waals surface area contributed by atoms with E-state index in [4.69, 9.17) is 9.47 Å². The molecule has 1 unspecified atom stereocenters. The van der Waals surface area contributed by atoms with Crippen LogP contribution in [0.2, 0.25) is 0 Å². The summed E-state index contributed by atoms with van der Waals surface area (Å²) in [7, 11) is 0. The van der Waals surface area contributed by atoms with Crippen LogP contribution in [0.3, 0.4) is 0 Å². The van der Waals surface area contributed by atoms with E-state index in [9.17, 15) is 19.2 Å². The highest BCUT2D eigenvalue weighted by Gasteiger charge is 2.33. The number of hydrogen-bond donors (Lipinski definition) is 0. The fourth-order valence-corrected chi connectivity index (χ4v) is 7.72. The molecule has 4 aromatic rings. The Hall–Kier alpha value is -3.35. The first-order valence-corrected chi connectivity index (χ1v) is 15.7. The van der Waals surface area contributed by atoms with Crippen LogP contribution in [0.1, 0.15) is 42.1 Å². The van der Waals surface area contributed by atoms with Crippen LogP contribution in [-0.2, 0) is 16.1 Å². The maximum absolute atomic E-state index is 14.0. The highest BCUT2D eigenvalue weighted by molar-refractivity contribution is 14.1. The van der Waals surface area contributed by atoms with E-state index < -0.39 is 17.8 Å². The van der Waals surface area contributed by atoms with Crippen molar-refractivity contribution in [2.24, 2.45) is 4.99 Å². The summed E-state index contributed by atoms with van der Waals surface area (Å²) >= 11 is 5.60. The second kappa shape index (κ2) is 12.9. The van der Waals surface area contributed by atoms with E-state index >= 15 is 0 Å². The Labute approximate surface area is 271 Å². The van der Waals surface area contributed by atoms with Gasteiger partial charge in [0.15, 0.2) is 4.80 Å². The molecule has 1 aliphatic rings. The molecule has 0 radical (unpaired) electrons. The third-order valence-corrected chi connectivity index (χ3v) is 8.94. The minimum atomic E-state index is -0.836. The van der Waals surface area contributed by atoms with Gasteiger partial charge in [0.25, 0.3) is 5.56 Å². The fraction of sp³-hybridized carbons (Fsp3) is 0.161. The van der Waals surface area contributed by atoms with Crippen LogP contribution < -0.4 is 19.6 Å². The standard InChI is InChI=1S/C31H22FI2N3O4S/c1-3-40-30(39)26-17(2)36-31-37(27(26)18-8-10-22(32)11-9-18)29(38)25(42-31)13-21-12-23(33)14-24(34)28(21)41-16-20-7-5-4-6-19(20)15-35/h4-14,27H,3,16H2,1-2H3. The number of carbonyl (C=O) groups is 1. The van der Waals surface area contributed by atoms with E-state index in [0.717, 1.165) is 12.7 Å². The summed E-state index contributed by atoms with van der Waals surface area (Å²) in [6.45, 7) is 3.74. The number of hydrogen-bond acceptors (Lipinski definition) is 7. The number of benzene rings is 3. The summed E-state index contributed by atoms with van der Waals surface area (Å²) in [4.78, 5) is 32.1. The van der Waals surface area contributed by atoms with Gasteiger partial charge in [-0.25, -0.2) is 14.2 Å². The zero-order valence-electron chi connectivity index (χ0n) is 22.4. The molecule has 0 fully saturated rings. The second-order valence-corrected chi connectivity index (χ2v) is 12.6. The Balaban J connectivity index is 1.65. The Kier molecular flexibility index (Phi) is 9.24. The molecule has 5 rings (SSSR count). The summed E-state index contributed by atoms with van der Waals surface area (Å²) in [5.74, 6) is -0.432. The first-order valence-electron chi connectivity index (χ1n) is 12.8. The Morgan fingerprint density at radius 3 is 2.64 bits per heavy atom. The molecule has 2 heterocycles. The van der Waals surface area contributed by atoms with Crippen LogP contribution in [0.25, 0.3) is 6.08 Å². The van der Waals surface area contributed by atoms with Crippen LogP contribution in [0.5, 0.6) is 5.75 Å². The SMILES string of the molecule is CCOC(=O)C1=C(C)N=c2sc(=Cc3cc(I)cc(I)c3OCc3ccccc3C#N)c(=O)n2C1c1ccc(F)cc1. The summed E-state index contributed by atoms with van der Waals surface area (Å²) in [6.07, 6.45) is 1.75. The lowest BCUT2D eigenvalue weighted by molar-refractivity contribution is -0.139. The van der Waals surface area contributed by atoms with Gasteiger partial charge in [0, 0.05) is 14.7 Å². The molecule has 0 aliphatic carbocycles. The molecule has 42 heavy (non-hydrogen) atoms. The third kappa shape index (κ3) is 6.06. The monoisotopic (exact) mass is 805 g/mol. The van der Waals surface area contributed by atoms with Crippen LogP contribution in [0, 0.1) is 24.3 Å². The van der Waals surface area contributed by atoms with Gasteiger partial charge in [-0.2, -0.15) is 5.26 Å². The lowest BCUT2D eigenvalue weighted by atomic mass is 9.96. The number of aromatic nitrogens is 1. The number of nitrogens with zero attached hydrogens (tertiary/aromatic N) is 3. The molecular formula is C31H22FI2N3O4S. The van der Waals surface area contributed by atoms with Crippen molar-refractivity contribution in [2.45, 2.75) is 26.5 Å². The molecular weight excluding hydrogens is 783 g/mol. The van der Waals surface area contributed by atoms with Crippen LogP contribution in [0.4, 0.5) is 4.39 Å². The van der Waals surface area contributed by atoms with Crippen LogP contribution in [-0.4, -0.2) is 17.1 Å². The molecule has 0 saturated carbocycles. The van der Waals surface area contributed by atoms with Gasteiger partial charge in [-0.15, -0.1) is 0 Å². The van der Waals surface area contributed by atoms with Gasteiger partial charge in [-0.3, -0.25) is 9.36 Å². The van der Waals surface area contributed by atoms with Gasteiger partial charge in [-0.05, 0) is 101 Å². The average molecular weight is 805 g/mol. The molecule has 1 aliphatic heterocycles. The van der Waals surface area contributed by atoms with Crippen molar-refractivity contribution in [2.75, 3.05) is 6.61 Å². The number of esters is 1. The smallest absolute Gasteiger partial charge is 0.338 e. The number of halogens is 3. The Morgan fingerprint density at radius 2 is 1.93 bits per heavy atom. The molecule has 0 amide bonds. The molecule has 11 heteroatoms. The van der Waals surface area contributed by atoms with Gasteiger partial charge in [0.1, 0.15) is 18.2 Å². The molecule has 212 valence electrons. The van der Waals surface area contributed by atoms with Crippen molar-refractivity contribution in [1.29, 1.82) is 5.26 Å². The van der Waals surface area contributed by atoms with E-state index in [1.54, 1.807) is 44.2 Å². The van der Waals surface area contributed by atoms with Gasteiger partial charge in [-0.1, -0.05) is 41.7 Å². The zero-order chi connectivity index (χ0) is 30.0. The average Bonchev–Trinajstić information content (AvgIpc) is 3.26. The molecule has 0 bridgehead atoms. The molecule has 7 nitrogen and oxygen atoms in total. The normalized spacial score (nSPS) is 14.7. The van der Waals surface area contributed by atoms with Crippen molar-refractivity contribution in [3.63, 3.8) is 0 Å². The van der Waals surface area contributed by atoms with Crippen LogP contribution in [0.15, 0.2) is 81.7 Å². The van der Waals surface area contributed by atoms with Crippen molar-refractivity contribution in [1.82, 2.24) is 4.57 Å². The minimum absolute atomic E-state index is 0.156. The Bertz CT molecular complexity index is 1960. The number of nitriles is 1. The van der Waals surface area contributed by atoms with Gasteiger partial charge >= 0.3 is 5.97 Å². The van der Waals surface area contributed by atoms with E-state index in [1.165, 1.54) is 28.0 Å². The number of fused-ring (bicyclic) bond motifs is 1. The summed E-state index contributed by atoms with van der Waals surface area (Å²) in [6, 6.07) is 18.2. The largest absolute Gasteiger partial charge is 0.487 e. The molecule has 1 aromatic heterocycles. The van der Waals surface area contributed by atoms with Crippen molar-refractivity contribution in [3.05, 3.63) is 127 Å². The first-order chi connectivity index (χ1) is 20.2. The predicted octanol–water partition coefficient (Wildman–Crippen LogP) is 5.60. The van der Waals surface area contributed by atoms with E-state index in [-0.39, 0.29) is 24.3 Å².